The molecule has 1 atom stereocenters. The summed E-state index contributed by atoms with van der Waals surface area (Å²) in [6, 6.07) is 0. The number of carboxylic acids is 1. The van der Waals surface area contributed by atoms with Crippen molar-refractivity contribution in [1.82, 2.24) is 0 Å². The van der Waals surface area contributed by atoms with Gasteiger partial charge in [0.15, 0.2) is 0 Å². The van der Waals surface area contributed by atoms with Gasteiger partial charge >= 0.3 is 5.97 Å². The average molecular weight is 158 g/mol. The Hall–Kier alpha value is -0.860. The largest absolute Gasteiger partial charge is 0.481 e. The lowest BCUT2D eigenvalue weighted by molar-refractivity contribution is -0.137. The van der Waals surface area contributed by atoms with Crippen LogP contribution in [0.4, 0.5) is 0 Å². The summed E-state index contributed by atoms with van der Waals surface area (Å²) in [5.41, 5.74) is 0. The number of carbonyl (C=O) groups is 2. The minimum absolute atomic E-state index is 0.128. The molecule has 11 heavy (non-hydrogen) atoms. The minimum Gasteiger partial charge on any atom is -0.481 e. The molecular formula is C8H14O3. The fourth-order valence-electron chi connectivity index (χ4n) is 0.963. The lowest BCUT2D eigenvalue weighted by atomic mass is 10.00. The van der Waals surface area contributed by atoms with Crippen LogP contribution in [0.1, 0.15) is 33.1 Å². The number of Topliss-reactive ketones (excluding diaryl/α,β-unsaturated/α-hetero) is 1. The van der Waals surface area contributed by atoms with Crippen molar-refractivity contribution in [2.75, 3.05) is 0 Å². The SMILES string of the molecule is CC(=O)C[C@H](C)CCC(=O)O. The number of carbonyl (C=O) groups excluding carboxylic acids is 1. The first-order valence-electron chi connectivity index (χ1n) is 3.73. The maximum absolute atomic E-state index is 10.6. The lowest BCUT2D eigenvalue weighted by Crippen LogP contribution is -2.04. The highest BCUT2D eigenvalue weighted by atomic mass is 16.4. The van der Waals surface area contributed by atoms with Crippen LogP contribution in [-0.4, -0.2) is 16.9 Å². The first-order valence-corrected chi connectivity index (χ1v) is 3.73. The normalized spacial score (nSPS) is 12.5. The molecule has 3 heteroatoms. The van der Waals surface area contributed by atoms with E-state index in [-0.39, 0.29) is 18.1 Å². The van der Waals surface area contributed by atoms with Gasteiger partial charge in [0.2, 0.25) is 0 Å². The summed E-state index contributed by atoms with van der Waals surface area (Å²) in [6.07, 6.45) is 1.25. The fourth-order valence-corrected chi connectivity index (χ4v) is 0.963. The molecule has 0 aliphatic rings. The van der Waals surface area contributed by atoms with Crippen LogP contribution in [0.3, 0.4) is 0 Å². The summed E-state index contributed by atoms with van der Waals surface area (Å²) in [4.78, 5) is 20.7. The van der Waals surface area contributed by atoms with E-state index in [0.717, 1.165) is 0 Å². The molecular weight excluding hydrogens is 144 g/mol. The second-order valence-corrected chi connectivity index (χ2v) is 2.94. The Kier molecular flexibility index (Phi) is 4.50. The van der Waals surface area contributed by atoms with Gasteiger partial charge in [0.1, 0.15) is 5.78 Å². The molecule has 3 nitrogen and oxygen atoms in total. The maximum Gasteiger partial charge on any atom is 0.303 e. The summed E-state index contributed by atoms with van der Waals surface area (Å²) in [5, 5.41) is 8.31. The molecule has 0 aromatic rings. The van der Waals surface area contributed by atoms with Gasteiger partial charge in [-0.1, -0.05) is 6.92 Å². The summed E-state index contributed by atoms with van der Waals surface area (Å²) in [6.45, 7) is 3.42. The summed E-state index contributed by atoms with van der Waals surface area (Å²) >= 11 is 0. The summed E-state index contributed by atoms with van der Waals surface area (Å²) < 4.78 is 0. The van der Waals surface area contributed by atoms with Gasteiger partial charge in [-0.2, -0.15) is 0 Å². The van der Waals surface area contributed by atoms with Crippen molar-refractivity contribution in [3.8, 4) is 0 Å². The maximum atomic E-state index is 10.6. The van der Waals surface area contributed by atoms with Gasteiger partial charge in [0, 0.05) is 12.8 Å². The van der Waals surface area contributed by atoms with Crippen LogP contribution >= 0.6 is 0 Å². The van der Waals surface area contributed by atoms with E-state index in [1.807, 2.05) is 6.92 Å². The molecule has 0 unspecified atom stereocenters. The van der Waals surface area contributed by atoms with Gasteiger partial charge in [0.05, 0.1) is 0 Å². The highest BCUT2D eigenvalue weighted by molar-refractivity contribution is 5.75. The summed E-state index contributed by atoms with van der Waals surface area (Å²) in [5.74, 6) is -0.466. The van der Waals surface area contributed by atoms with Crippen LogP contribution in [0.25, 0.3) is 0 Å². The van der Waals surface area contributed by atoms with Gasteiger partial charge in [-0.3, -0.25) is 4.79 Å². The van der Waals surface area contributed by atoms with E-state index in [1.54, 1.807) is 0 Å². The molecule has 0 heterocycles. The molecule has 64 valence electrons. The van der Waals surface area contributed by atoms with Crippen molar-refractivity contribution in [1.29, 1.82) is 0 Å². The summed E-state index contributed by atoms with van der Waals surface area (Å²) in [7, 11) is 0. The number of hydrogen-bond acceptors (Lipinski definition) is 2. The zero-order valence-electron chi connectivity index (χ0n) is 6.96. The molecule has 0 spiro atoms. The first kappa shape index (κ1) is 10.1. The van der Waals surface area contributed by atoms with Gasteiger partial charge in [-0.15, -0.1) is 0 Å². The quantitative estimate of drug-likeness (QED) is 0.659. The van der Waals surface area contributed by atoms with Crippen molar-refractivity contribution in [3.63, 3.8) is 0 Å². The average Bonchev–Trinajstić information content (AvgIpc) is 1.82. The van der Waals surface area contributed by atoms with Gasteiger partial charge in [-0.25, -0.2) is 0 Å². The zero-order valence-corrected chi connectivity index (χ0v) is 6.96. The Morgan fingerprint density at radius 3 is 2.36 bits per heavy atom. The van der Waals surface area contributed by atoms with E-state index < -0.39 is 5.97 Å². The van der Waals surface area contributed by atoms with Crippen molar-refractivity contribution < 1.29 is 14.7 Å². The molecule has 0 amide bonds. The van der Waals surface area contributed by atoms with Crippen LogP contribution in [0.2, 0.25) is 0 Å². The Morgan fingerprint density at radius 2 is 2.00 bits per heavy atom. The molecule has 0 aliphatic heterocycles. The lowest BCUT2D eigenvalue weighted by Gasteiger charge is -2.05. The van der Waals surface area contributed by atoms with E-state index >= 15 is 0 Å². The third-order valence-corrected chi connectivity index (χ3v) is 1.49. The number of carboxylic acid groups (broad SMARTS) is 1. The van der Waals surface area contributed by atoms with Crippen molar-refractivity contribution >= 4 is 11.8 Å². The van der Waals surface area contributed by atoms with Crippen LogP contribution in [-0.2, 0) is 9.59 Å². The fraction of sp³-hybridized carbons (Fsp3) is 0.750. The highest BCUT2D eigenvalue weighted by Gasteiger charge is 2.06. The van der Waals surface area contributed by atoms with Gasteiger partial charge in [0.25, 0.3) is 0 Å². The van der Waals surface area contributed by atoms with Crippen LogP contribution in [0, 0.1) is 5.92 Å². The second kappa shape index (κ2) is 4.88. The predicted octanol–water partition coefficient (Wildman–Crippen LogP) is 1.47. The third-order valence-electron chi connectivity index (χ3n) is 1.49. The molecule has 0 bridgehead atoms. The number of ketones is 1. The number of hydrogen-bond donors (Lipinski definition) is 1. The third kappa shape index (κ3) is 7.03. The van der Waals surface area contributed by atoms with E-state index in [9.17, 15) is 9.59 Å². The smallest absolute Gasteiger partial charge is 0.303 e. The molecule has 0 saturated carbocycles. The highest BCUT2D eigenvalue weighted by Crippen LogP contribution is 2.09. The van der Waals surface area contributed by atoms with E-state index in [0.29, 0.717) is 12.8 Å². The molecule has 0 radical (unpaired) electrons. The monoisotopic (exact) mass is 158 g/mol. The van der Waals surface area contributed by atoms with Crippen LogP contribution in [0.15, 0.2) is 0 Å². The minimum atomic E-state index is -0.791. The van der Waals surface area contributed by atoms with Crippen LogP contribution in [0.5, 0.6) is 0 Å². The Balaban J connectivity index is 3.44. The molecule has 0 aromatic carbocycles. The van der Waals surface area contributed by atoms with Crippen molar-refractivity contribution in [3.05, 3.63) is 0 Å². The van der Waals surface area contributed by atoms with Gasteiger partial charge < -0.3 is 9.90 Å². The number of aliphatic carboxylic acids is 1. The Labute approximate surface area is 66.4 Å². The molecule has 0 aliphatic carbocycles. The molecule has 0 fully saturated rings. The standard InChI is InChI=1S/C8H14O3/c1-6(5-7(2)9)3-4-8(10)11/h6H,3-5H2,1-2H3,(H,10,11)/t6-/m1/s1. The van der Waals surface area contributed by atoms with Crippen molar-refractivity contribution in [2.24, 2.45) is 5.92 Å². The second-order valence-electron chi connectivity index (χ2n) is 2.94. The van der Waals surface area contributed by atoms with E-state index in [4.69, 9.17) is 5.11 Å². The number of rotatable bonds is 5. The topological polar surface area (TPSA) is 54.4 Å². The first-order chi connectivity index (χ1) is 5.02. The molecule has 0 rings (SSSR count). The molecule has 0 saturated heterocycles. The van der Waals surface area contributed by atoms with E-state index in [2.05, 4.69) is 0 Å². The molecule has 1 N–H and O–H groups in total. The van der Waals surface area contributed by atoms with Crippen molar-refractivity contribution in [2.45, 2.75) is 33.1 Å². The Bertz CT molecular complexity index is 151. The van der Waals surface area contributed by atoms with E-state index in [1.165, 1.54) is 6.92 Å². The predicted molar refractivity (Wildman–Crippen MR) is 41.3 cm³/mol. The van der Waals surface area contributed by atoms with Crippen LogP contribution < -0.4 is 0 Å². The van der Waals surface area contributed by atoms with Gasteiger partial charge in [-0.05, 0) is 19.3 Å². The zero-order chi connectivity index (χ0) is 8.85. The molecule has 0 aromatic heterocycles. The Morgan fingerprint density at radius 1 is 1.45 bits per heavy atom.